The van der Waals surface area contributed by atoms with Gasteiger partial charge in [-0.15, -0.1) is 0 Å². The molecule has 0 radical (unpaired) electrons. The number of alkyl halides is 3. The summed E-state index contributed by atoms with van der Waals surface area (Å²) in [6, 6.07) is 15.9. The standard InChI is InChI=1S/C27H16Cl2F4N2O2/c1-36-23-12-19(30)18(16-6-7-20(34)25(29)24(16)28)11-17(23)13-3-2-4-14(9-13)26-35-21-10-15(27(31,32)33)5-8-22(21)37-26/h2-12H,34H2,1H3. The molecule has 2 N–H and O–H groups in total. The lowest BCUT2D eigenvalue weighted by Crippen LogP contribution is -2.03. The number of anilines is 1. The third-order valence-electron chi connectivity index (χ3n) is 5.83. The number of nitrogens with zero attached hydrogens (tertiary/aromatic N) is 1. The molecule has 0 aliphatic carbocycles. The minimum absolute atomic E-state index is 0.0757. The number of halogens is 6. The lowest BCUT2D eigenvalue weighted by Gasteiger charge is -2.15. The van der Waals surface area contributed by atoms with Gasteiger partial charge in [0.2, 0.25) is 5.89 Å². The van der Waals surface area contributed by atoms with E-state index in [1.54, 1.807) is 36.4 Å². The van der Waals surface area contributed by atoms with Gasteiger partial charge in [-0.2, -0.15) is 13.2 Å². The van der Waals surface area contributed by atoms with Crippen molar-refractivity contribution in [3.63, 3.8) is 0 Å². The molecular formula is C27H16Cl2F4N2O2. The van der Waals surface area contributed by atoms with Crippen LogP contribution in [0.3, 0.4) is 0 Å². The number of nitrogen functional groups attached to an aromatic ring is 1. The molecule has 0 fully saturated rings. The molecule has 5 rings (SSSR count). The monoisotopic (exact) mass is 546 g/mol. The van der Waals surface area contributed by atoms with Crippen LogP contribution in [0.4, 0.5) is 23.2 Å². The molecule has 5 aromatic rings. The van der Waals surface area contributed by atoms with E-state index < -0.39 is 17.6 Å². The Morgan fingerprint density at radius 1 is 0.865 bits per heavy atom. The Morgan fingerprint density at radius 3 is 2.35 bits per heavy atom. The summed E-state index contributed by atoms with van der Waals surface area (Å²) in [6.45, 7) is 0. The summed E-state index contributed by atoms with van der Waals surface area (Å²) in [7, 11) is 1.41. The van der Waals surface area contributed by atoms with Crippen LogP contribution >= 0.6 is 23.2 Å². The Balaban J connectivity index is 1.62. The van der Waals surface area contributed by atoms with Gasteiger partial charge in [0.15, 0.2) is 5.58 Å². The Bertz CT molecular complexity index is 1670. The summed E-state index contributed by atoms with van der Waals surface area (Å²) >= 11 is 12.5. The highest BCUT2D eigenvalue weighted by atomic mass is 35.5. The van der Waals surface area contributed by atoms with Gasteiger partial charge in [0.05, 0.1) is 28.4 Å². The van der Waals surface area contributed by atoms with Crippen molar-refractivity contribution in [1.82, 2.24) is 4.98 Å². The zero-order valence-corrected chi connectivity index (χ0v) is 20.5. The van der Waals surface area contributed by atoms with Gasteiger partial charge < -0.3 is 14.9 Å². The van der Waals surface area contributed by atoms with Crippen LogP contribution in [0.5, 0.6) is 5.75 Å². The maximum atomic E-state index is 15.1. The van der Waals surface area contributed by atoms with Crippen molar-refractivity contribution in [2.75, 3.05) is 12.8 Å². The van der Waals surface area contributed by atoms with E-state index in [0.29, 0.717) is 22.3 Å². The van der Waals surface area contributed by atoms with E-state index >= 15 is 4.39 Å². The van der Waals surface area contributed by atoms with Crippen molar-refractivity contribution >= 4 is 40.0 Å². The van der Waals surface area contributed by atoms with Gasteiger partial charge in [0, 0.05) is 28.3 Å². The molecule has 0 amide bonds. The highest BCUT2D eigenvalue weighted by Crippen LogP contribution is 2.42. The summed E-state index contributed by atoms with van der Waals surface area (Å²) in [5.74, 6) is -0.201. The topological polar surface area (TPSA) is 61.3 Å². The molecule has 0 saturated heterocycles. The molecule has 37 heavy (non-hydrogen) atoms. The van der Waals surface area contributed by atoms with Gasteiger partial charge >= 0.3 is 6.18 Å². The Labute approximate surface area is 218 Å². The Hall–Kier alpha value is -3.75. The summed E-state index contributed by atoms with van der Waals surface area (Å²) in [5.41, 5.74) is 7.70. The zero-order valence-electron chi connectivity index (χ0n) is 19.0. The predicted molar refractivity (Wildman–Crippen MR) is 136 cm³/mol. The minimum atomic E-state index is -4.50. The Kier molecular flexibility index (Phi) is 6.25. The van der Waals surface area contributed by atoms with E-state index in [9.17, 15) is 13.2 Å². The third-order valence-corrected chi connectivity index (χ3v) is 6.72. The van der Waals surface area contributed by atoms with Gasteiger partial charge in [-0.05, 0) is 48.0 Å². The fourth-order valence-corrected chi connectivity index (χ4v) is 4.41. The van der Waals surface area contributed by atoms with Crippen LogP contribution in [-0.2, 0) is 6.18 Å². The molecule has 4 nitrogen and oxygen atoms in total. The number of hydrogen-bond acceptors (Lipinski definition) is 4. The van der Waals surface area contributed by atoms with E-state index in [4.69, 9.17) is 38.1 Å². The lowest BCUT2D eigenvalue weighted by atomic mass is 9.96. The maximum Gasteiger partial charge on any atom is 0.416 e. The molecule has 0 aliphatic rings. The van der Waals surface area contributed by atoms with Crippen molar-refractivity contribution in [3.05, 3.63) is 88.2 Å². The fourth-order valence-electron chi connectivity index (χ4n) is 3.98. The second kappa shape index (κ2) is 9.28. The lowest BCUT2D eigenvalue weighted by molar-refractivity contribution is -0.137. The van der Waals surface area contributed by atoms with Crippen LogP contribution in [0.15, 0.2) is 71.1 Å². The second-order valence-corrected chi connectivity index (χ2v) is 8.90. The van der Waals surface area contributed by atoms with Crippen molar-refractivity contribution < 1.29 is 26.7 Å². The van der Waals surface area contributed by atoms with Crippen molar-refractivity contribution in [3.8, 4) is 39.5 Å². The summed E-state index contributed by atoms with van der Waals surface area (Å²) < 4.78 is 65.5. The first-order valence-corrected chi connectivity index (χ1v) is 11.5. The van der Waals surface area contributed by atoms with Crippen LogP contribution in [0.25, 0.3) is 44.8 Å². The average molecular weight is 547 g/mol. The van der Waals surface area contributed by atoms with Gasteiger partial charge in [-0.1, -0.05) is 41.4 Å². The normalized spacial score (nSPS) is 11.8. The molecule has 4 aromatic carbocycles. The van der Waals surface area contributed by atoms with Gasteiger partial charge in [-0.25, -0.2) is 9.37 Å². The minimum Gasteiger partial charge on any atom is -0.496 e. The van der Waals surface area contributed by atoms with Crippen molar-refractivity contribution in [2.24, 2.45) is 0 Å². The highest BCUT2D eigenvalue weighted by Gasteiger charge is 2.31. The molecule has 1 aromatic heterocycles. The maximum absolute atomic E-state index is 15.1. The van der Waals surface area contributed by atoms with Crippen molar-refractivity contribution in [1.29, 1.82) is 0 Å². The first-order valence-electron chi connectivity index (χ1n) is 10.8. The number of ether oxygens (including phenoxy) is 1. The van der Waals surface area contributed by atoms with Gasteiger partial charge in [-0.3, -0.25) is 0 Å². The van der Waals surface area contributed by atoms with E-state index in [1.807, 2.05) is 0 Å². The number of oxazole rings is 1. The largest absolute Gasteiger partial charge is 0.496 e. The summed E-state index contributed by atoms with van der Waals surface area (Å²) in [4.78, 5) is 4.24. The molecule has 0 spiro atoms. The molecule has 0 unspecified atom stereocenters. The van der Waals surface area contributed by atoms with E-state index in [0.717, 1.165) is 12.1 Å². The smallest absolute Gasteiger partial charge is 0.416 e. The molecule has 1 heterocycles. The fraction of sp³-hybridized carbons (Fsp3) is 0.0741. The predicted octanol–water partition coefficient (Wildman–Crippen LogP) is 8.88. The van der Waals surface area contributed by atoms with Crippen LogP contribution in [0.1, 0.15) is 5.56 Å². The van der Waals surface area contributed by atoms with Gasteiger partial charge in [0.25, 0.3) is 0 Å². The molecular weight excluding hydrogens is 531 g/mol. The van der Waals surface area contributed by atoms with E-state index in [1.165, 1.54) is 25.3 Å². The first kappa shape index (κ1) is 24.9. The zero-order chi connectivity index (χ0) is 26.5. The number of nitrogens with two attached hydrogens (primary N) is 1. The van der Waals surface area contributed by atoms with E-state index in [2.05, 4.69) is 4.98 Å². The molecule has 188 valence electrons. The quantitative estimate of drug-likeness (QED) is 0.180. The number of aromatic nitrogens is 1. The highest BCUT2D eigenvalue weighted by molar-refractivity contribution is 6.45. The second-order valence-electron chi connectivity index (χ2n) is 8.14. The first-order chi connectivity index (χ1) is 17.6. The third kappa shape index (κ3) is 4.58. The van der Waals surface area contributed by atoms with Crippen LogP contribution in [0, 0.1) is 5.82 Å². The average Bonchev–Trinajstić information content (AvgIpc) is 3.31. The Morgan fingerprint density at radius 2 is 1.62 bits per heavy atom. The van der Waals surface area contributed by atoms with E-state index in [-0.39, 0.29) is 44.0 Å². The molecule has 10 heteroatoms. The molecule has 0 atom stereocenters. The molecule has 0 aliphatic heterocycles. The SMILES string of the molecule is COc1cc(F)c(-c2ccc(N)c(Cl)c2Cl)cc1-c1cccc(-c2nc3cc(C(F)(F)F)ccc3o2)c1. The van der Waals surface area contributed by atoms with Crippen LogP contribution < -0.4 is 10.5 Å². The van der Waals surface area contributed by atoms with Crippen molar-refractivity contribution in [2.45, 2.75) is 6.18 Å². The van der Waals surface area contributed by atoms with Crippen LogP contribution in [-0.4, -0.2) is 12.1 Å². The van der Waals surface area contributed by atoms with Gasteiger partial charge in [0.1, 0.15) is 17.1 Å². The number of hydrogen-bond donors (Lipinski definition) is 1. The molecule has 0 saturated carbocycles. The van der Waals surface area contributed by atoms with Crippen LogP contribution in [0.2, 0.25) is 10.0 Å². The summed E-state index contributed by atoms with van der Waals surface area (Å²) in [5, 5.41) is 0.220. The summed E-state index contributed by atoms with van der Waals surface area (Å²) in [6.07, 6.45) is -4.50. The number of benzene rings is 4. The number of rotatable bonds is 4. The number of fused-ring (bicyclic) bond motifs is 1. The number of methoxy groups -OCH3 is 1. The molecule has 0 bridgehead atoms.